The second-order valence-corrected chi connectivity index (χ2v) is 27.4. The fourth-order valence-corrected chi connectivity index (χ4v) is 10.00. The van der Waals surface area contributed by atoms with Gasteiger partial charge in [0.15, 0.2) is 0 Å². The van der Waals surface area contributed by atoms with Gasteiger partial charge in [-0.3, -0.25) is 9.97 Å². The number of benzene rings is 5. The van der Waals surface area contributed by atoms with E-state index in [1.165, 1.54) is 32.2 Å². The summed E-state index contributed by atoms with van der Waals surface area (Å²) in [4.78, 5) is 14.2. The molecule has 9 aromatic rings. The van der Waals surface area contributed by atoms with Crippen molar-refractivity contribution in [2.24, 2.45) is 0 Å². The maximum absolute atomic E-state index is 6.51. The molecule has 0 aliphatic carbocycles. The molecule has 1 radical (unpaired) electrons. The molecule has 0 N–H and O–H groups in total. The van der Waals surface area contributed by atoms with E-state index in [0.29, 0.717) is 18.4 Å². The van der Waals surface area contributed by atoms with Crippen LogP contribution in [0, 0.1) is 19.1 Å². The number of fused-ring (bicyclic) bond motifs is 4. The van der Waals surface area contributed by atoms with Gasteiger partial charge in [-0.1, -0.05) is 93.2 Å². The van der Waals surface area contributed by atoms with Gasteiger partial charge >= 0.3 is 99.8 Å². The Hall–Kier alpha value is -5.14. The van der Waals surface area contributed by atoms with Gasteiger partial charge in [-0.25, -0.2) is 0 Å². The second kappa shape index (κ2) is 17.6. The van der Waals surface area contributed by atoms with E-state index in [1.807, 2.05) is 55.7 Å². The van der Waals surface area contributed by atoms with Gasteiger partial charge in [0.05, 0.1) is 28.1 Å². The first-order valence-corrected chi connectivity index (χ1v) is 27.6. The van der Waals surface area contributed by atoms with Crippen molar-refractivity contribution in [3.63, 3.8) is 0 Å². The summed E-state index contributed by atoms with van der Waals surface area (Å²) in [5, 5.41) is 2.12. The van der Waals surface area contributed by atoms with Crippen LogP contribution in [0.3, 0.4) is 0 Å². The van der Waals surface area contributed by atoms with Crippen LogP contribution in [0.25, 0.3) is 66.7 Å². The zero-order valence-electron chi connectivity index (χ0n) is 35.1. The first-order valence-electron chi connectivity index (χ1n) is 20.3. The van der Waals surface area contributed by atoms with E-state index in [2.05, 4.69) is 157 Å². The summed E-state index contributed by atoms with van der Waals surface area (Å²) < 4.78 is 10.3. The molecule has 5 aromatic carbocycles. The van der Waals surface area contributed by atoms with Gasteiger partial charge in [0, 0.05) is 38.2 Å². The van der Waals surface area contributed by atoms with E-state index in [9.17, 15) is 0 Å². The Labute approximate surface area is 364 Å². The molecule has 0 aliphatic rings. The number of para-hydroxylation sites is 2. The van der Waals surface area contributed by atoms with Crippen LogP contribution in [0.2, 0.25) is 17.3 Å². The standard InChI is InChI=1S/C38H34N3O.C14H16GeN.Ir/c1-23(2)31-20-27(26-12-7-6-8-13-26)21-32(24(3)4)33(31)22-41-35-17-10-9-16-34(35)40-38(41)30-15-11-14-28-29-18-19-39-25(5)36(29)42-37(28)30;1-15(2,3)13-9-10-14(16-11-13)12-7-5-4-6-8-12;/h6-14,16-21,23-24H,22H2,1-5H3;4-7,9-11H,1-3H3;/q2*-1;. The van der Waals surface area contributed by atoms with Crippen molar-refractivity contribution in [1.29, 1.82) is 0 Å². The van der Waals surface area contributed by atoms with Gasteiger partial charge in [-0.2, -0.15) is 0 Å². The molecule has 9 rings (SSSR count). The number of hydrogen-bond acceptors (Lipinski definition) is 4. The Morgan fingerprint density at radius 2 is 1.39 bits per heavy atom. The molecule has 0 atom stereocenters. The topological polar surface area (TPSA) is 56.7 Å². The number of aryl methyl sites for hydroxylation is 1. The summed E-state index contributed by atoms with van der Waals surface area (Å²) in [5.41, 5.74) is 14.1. The normalized spacial score (nSPS) is 11.6. The minimum atomic E-state index is -1.72. The quantitative estimate of drug-likeness (QED) is 0.112. The molecule has 5 nitrogen and oxygen atoms in total. The van der Waals surface area contributed by atoms with Crippen molar-refractivity contribution in [1.82, 2.24) is 19.5 Å². The third-order valence-corrected chi connectivity index (χ3v) is 15.3. The van der Waals surface area contributed by atoms with Crippen molar-refractivity contribution in [3.05, 3.63) is 168 Å². The van der Waals surface area contributed by atoms with Crippen molar-refractivity contribution in [3.8, 4) is 33.8 Å². The van der Waals surface area contributed by atoms with Gasteiger partial charge in [0.25, 0.3) is 0 Å². The van der Waals surface area contributed by atoms with Crippen LogP contribution in [0.1, 0.15) is 61.9 Å². The van der Waals surface area contributed by atoms with E-state index in [0.717, 1.165) is 61.3 Å². The van der Waals surface area contributed by atoms with Crippen LogP contribution < -0.4 is 4.40 Å². The van der Waals surface area contributed by atoms with Crippen molar-refractivity contribution in [2.45, 2.75) is 70.3 Å². The smallest absolute Gasteiger partial charge is 0 e. The molecule has 4 aromatic heterocycles. The fraction of sp³-hybridized carbons (Fsp3) is 0.212. The van der Waals surface area contributed by atoms with Crippen LogP contribution in [-0.2, 0) is 26.7 Å². The zero-order valence-corrected chi connectivity index (χ0v) is 39.6. The van der Waals surface area contributed by atoms with Crippen LogP contribution in [0.15, 0.2) is 138 Å². The van der Waals surface area contributed by atoms with Gasteiger partial charge in [0.2, 0.25) is 0 Å². The monoisotopic (exact) mass is 1010 g/mol. The number of aromatic nitrogens is 4. The van der Waals surface area contributed by atoms with Crippen molar-refractivity contribution < 1.29 is 24.5 Å². The van der Waals surface area contributed by atoms with Gasteiger partial charge in [-0.15, -0.1) is 18.2 Å². The maximum Gasteiger partial charge on any atom is 0 e. The molecule has 0 fully saturated rings. The molecule has 299 valence electrons. The zero-order chi connectivity index (χ0) is 40.6. The molecule has 59 heavy (non-hydrogen) atoms. The van der Waals surface area contributed by atoms with E-state index >= 15 is 0 Å². The number of hydrogen-bond donors (Lipinski definition) is 0. The van der Waals surface area contributed by atoms with Crippen molar-refractivity contribution in [2.75, 3.05) is 0 Å². The van der Waals surface area contributed by atoms with E-state index < -0.39 is 13.3 Å². The molecular formula is C52H50GeIrN4O-2. The van der Waals surface area contributed by atoms with Crippen LogP contribution in [0.5, 0.6) is 0 Å². The summed E-state index contributed by atoms with van der Waals surface area (Å²) in [6, 6.07) is 49.0. The summed E-state index contributed by atoms with van der Waals surface area (Å²) in [6.45, 7) is 11.9. The Bertz CT molecular complexity index is 2830. The Kier molecular flexibility index (Phi) is 12.5. The molecule has 0 aliphatic heterocycles. The number of imidazole rings is 1. The van der Waals surface area contributed by atoms with Crippen LogP contribution in [0.4, 0.5) is 0 Å². The SMILES string of the molecule is Cc1nccc2c1oc1c(-c3nc4ccccc4n3Cc3c(C(C)C)cc(-c4ccccc4)cc3C(C)C)[c-]ccc12.[CH3][Ge]([CH3])([CH3])[c]1ccc(-c2[c-]cccc2)nc1.[Ir]. The first kappa shape index (κ1) is 42.0. The molecule has 0 amide bonds. The fourth-order valence-electron chi connectivity index (χ4n) is 7.83. The van der Waals surface area contributed by atoms with E-state index in [-0.39, 0.29) is 20.1 Å². The predicted octanol–water partition coefficient (Wildman–Crippen LogP) is 13.2. The van der Waals surface area contributed by atoms with Crippen molar-refractivity contribution >= 4 is 50.6 Å². The first-order chi connectivity index (χ1) is 28.0. The average Bonchev–Trinajstić information content (AvgIpc) is 3.81. The van der Waals surface area contributed by atoms with Gasteiger partial charge in [-0.05, 0) is 64.8 Å². The summed E-state index contributed by atoms with van der Waals surface area (Å²) >= 11 is -1.72. The third kappa shape index (κ3) is 8.63. The largest absolute Gasteiger partial charge is 0 e. The molecule has 7 heteroatoms. The third-order valence-electron chi connectivity index (χ3n) is 11.0. The Balaban J connectivity index is 0.000000262. The summed E-state index contributed by atoms with van der Waals surface area (Å²) in [5.74, 6) is 8.73. The predicted molar refractivity (Wildman–Crippen MR) is 244 cm³/mol. The summed E-state index contributed by atoms with van der Waals surface area (Å²) in [6.07, 6.45) is 3.88. The van der Waals surface area contributed by atoms with E-state index in [4.69, 9.17) is 9.40 Å². The molecule has 0 bridgehead atoms. The Morgan fingerprint density at radius 3 is 2.05 bits per heavy atom. The molecule has 0 saturated heterocycles. The number of nitrogens with zero attached hydrogens (tertiary/aromatic N) is 4. The van der Waals surface area contributed by atoms with Crippen LogP contribution in [-0.4, -0.2) is 32.8 Å². The number of rotatable bonds is 8. The number of pyridine rings is 2. The molecule has 0 unspecified atom stereocenters. The molecular weight excluding hydrogens is 961 g/mol. The van der Waals surface area contributed by atoms with Crippen LogP contribution >= 0.6 is 0 Å². The average molecular weight is 1010 g/mol. The minimum Gasteiger partial charge on any atom is 0 e. The number of furan rings is 1. The van der Waals surface area contributed by atoms with Gasteiger partial charge < -0.3 is 8.98 Å². The van der Waals surface area contributed by atoms with E-state index in [1.54, 1.807) is 0 Å². The summed E-state index contributed by atoms with van der Waals surface area (Å²) in [7, 11) is 0. The second-order valence-electron chi connectivity index (χ2n) is 16.7. The van der Waals surface area contributed by atoms with Gasteiger partial charge in [0.1, 0.15) is 5.58 Å². The Morgan fingerprint density at radius 1 is 0.695 bits per heavy atom. The molecule has 4 heterocycles. The maximum atomic E-state index is 6.51. The molecule has 0 spiro atoms. The molecule has 0 saturated carbocycles. The minimum absolute atomic E-state index is 0.